The van der Waals surface area contributed by atoms with Crippen molar-refractivity contribution in [3.8, 4) is 22.3 Å². The van der Waals surface area contributed by atoms with E-state index in [0.29, 0.717) is 22.5 Å². The maximum atomic E-state index is 17.1. The molecule has 0 spiro atoms. The van der Waals surface area contributed by atoms with Crippen molar-refractivity contribution in [1.82, 2.24) is 0 Å². The van der Waals surface area contributed by atoms with Gasteiger partial charge in [-0.05, 0) is 106 Å². The Morgan fingerprint density at radius 3 is 1.07 bits per heavy atom. The zero-order valence-corrected chi connectivity index (χ0v) is 41.6. The molecule has 0 amide bonds. The fourth-order valence-corrected chi connectivity index (χ4v) is 12.2. The molecule has 0 bridgehead atoms. The van der Waals surface area contributed by atoms with Crippen molar-refractivity contribution in [1.29, 1.82) is 0 Å². The van der Waals surface area contributed by atoms with E-state index in [1.807, 2.05) is 109 Å². The molecular weight excluding hydrogens is 881 g/mol. The molecule has 10 aromatic carbocycles. The van der Waals surface area contributed by atoms with E-state index in [4.69, 9.17) is 0 Å². The second kappa shape index (κ2) is 16.9. The van der Waals surface area contributed by atoms with Crippen LogP contribution in [0.15, 0.2) is 170 Å². The molecule has 0 N–H and O–H groups in total. The fourth-order valence-electron chi connectivity index (χ4n) is 9.91. The minimum Gasteiger partial charge on any atom is -0.307 e. The SMILES string of the molecule is Cc1ccccc1-c1cc(F)cc(F)c1N(c1ccc([Si](C)(C)C)cc1)c1ccc2ccc3c(N(c4ccc([Si](C)(C)C)cc4)c4c(F)cc(F)cc4-c4ccccc4C)ccc4ccc1c2c43. The van der Waals surface area contributed by atoms with Crippen molar-refractivity contribution in [2.24, 2.45) is 0 Å². The van der Waals surface area contributed by atoms with Crippen LogP contribution in [0.25, 0.3) is 54.6 Å². The Kier molecular flexibility index (Phi) is 11.2. The number of aryl methyl sites for hydroxylation is 2. The van der Waals surface area contributed by atoms with Crippen molar-refractivity contribution < 1.29 is 17.6 Å². The number of hydrogen-bond acceptors (Lipinski definition) is 2. The van der Waals surface area contributed by atoms with Crippen LogP contribution in [0.4, 0.5) is 51.7 Å². The molecule has 2 nitrogen and oxygen atoms in total. The second-order valence-corrected chi connectivity index (χ2v) is 30.2. The summed E-state index contributed by atoms with van der Waals surface area (Å²) in [6, 6.07) is 53.3. The molecule has 0 radical (unpaired) electrons. The first-order valence-electron chi connectivity index (χ1n) is 23.1. The van der Waals surface area contributed by atoms with Gasteiger partial charge in [0.05, 0.1) is 38.9 Å². The first kappa shape index (κ1) is 44.8. The van der Waals surface area contributed by atoms with Gasteiger partial charge in [-0.2, -0.15) is 0 Å². The number of anilines is 6. The summed E-state index contributed by atoms with van der Waals surface area (Å²) in [5.41, 5.74) is 7.45. The highest BCUT2D eigenvalue weighted by molar-refractivity contribution is 6.89. The van der Waals surface area contributed by atoms with Crippen molar-refractivity contribution in [2.75, 3.05) is 9.80 Å². The maximum absolute atomic E-state index is 17.1. The zero-order chi connectivity index (χ0) is 47.8. The summed E-state index contributed by atoms with van der Waals surface area (Å²) >= 11 is 0. The Labute approximate surface area is 398 Å². The maximum Gasteiger partial charge on any atom is 0.150 e. The van der Waals surface area contributed by atoms with Crippen LogP contribution in [0.5, 0.6) is 0 Å². The van der Waals surface area contributed by atoms with E-state index in [1.54, 1.807) is 0 Å². The fraction of sp³-hybridized carbons (Fsp3) is 0.133. The summed E-state index contributed by atoms with van der Waals surface area (Å²) in [6.07, 6.45) is 0. The lowest BCUT2D eigenvalue weighted by atomic mass is 9.91. The third-order valence-corrected chi connectivity index (χ3v) is 17.6. The number of hydrogen-bond donors (Lipinski definition) is 0. The molecule has 0 aromatic heterocycles. The number of rotatable bonds is 10. The third kappa shape index (κ3) is 7.85. The lowest BCUT2D eigenvalue weighted by Crippen LogP contribution is -2.37. The first-order valence-corrected chi connectivity index (χ1v) is 30.1. The Bertz CT molecular complexity index is 3320. The molecule has 338 valence electrons. The standard InChI is InChI=1S/C60H52F4N2Si2/c1-37-13-9-11-15-47(37)51-33-41(61)35-53(63)59(51)65(43-21-25-45(26-22-43)67(3,4)5)55-31-19-39-18-30-50-56(32-20-40-17-29-49(55)57(39)58(40)50)66(44-23-27-46(28-24-44)68(6,7)8)60-52(34-42(62)36-54(60)64)48-16-12-10-14-38(48)2/h9-36H,1-8H3. The van der Waals surface area contributed by atoms with Crippen molar-refractivity contribution >= 4 is 93.0 Å². The van der Waals surface area contributed by atoms with Crippen LogP contribution in [-0.2, 0) is 0 Å². The average Bonchev–Trinajstić information content (AvgIpc) is 3.30. The zero-order valence-electron chi connectivity index (χ0n) is 39.6. The Morgan fingerprint density at radius 2 is 0.721 bits per heavy atom. The third-order valence-electron chi connectivity index (χ3n) is 13.5. The van der Waals surface area contributed by atoms with E-state index in [-0.39, 0.29) is 11.4 Å². The molecule has 0 heterocycles. The smallest absolute Gasteiger partial charge is 0.150 e. The Hall–Kier alpha value is -7.01. The Balaban J connectivity index is 1.27. The summed E-state index contributed by atoms with van der Waals surface area (Å²) in [7, 11) is -3.44. The van der Waals surface area contributed by atoms with Gasteiger partial charge in [-0.1, -0.05) is 159 Å². The van der Waals surface area contributed by atoms with E-state index in [0.717, 1.165) is 78.1 Å². The van der Waals surface area contributed by atoms with Gasteiger partial charge in [-0.15, -0.1) is 0 Å². The summed E-state index contributed by atoms with van der Waals surface area (Å²) in [5.74, 6) is -2.70. The summed E-state index contributed by atoms with van der Waals surface area (Å²) < 4.78 is 65.2. The van der Waals surface area contributed by atoms with Gasteiger partial charge in [0.15, 0.2) is 11.6 Å². The Morgan fingerprint density at radius 1 is 0.368 bits per heavy atom. The molecule has 10 rings (SSSR count). The lowest BCUT2D eigenvalue weighted by molar-refractivity contribution is 0.584. The van der Waals surface area contributed by atoms with Gasteiger partial charge in [-0.25, -0.2) is 17.6 Å². The minimum absolute atomic E-state index is 0.237. The lowest BCUT2D eigenvalue weighted by Gasteiger charge is -2.32. The van der Waals surface area contributed by atoms with Gasteiger partial charge in [0.1, 0.15) is 11.6 Å². The molecule has 0 fully saturated rings. The van der Waals surface area contributed by atoms with Crippen LogP contribution in [0.2, 0.25) is 39.3 Å². The highest BCUT2D eigenvalue weighted by Crippen LogP contribution is 2.51. The molecule has 0 saturated heterocycles. The average molecular weight is 933 g/mol. The highest BCUT2D eigenvalue weighted by Gasteiger charge is 2.29. The minimum atomic E-state index is -1.72. The summed E-state index contributed by atoms with van der Waals surface area (Å²) in [5, 5.41) is 8.03. The van der Waals surface area contributed by atoms with Crippen LogP contribution in [0.3, 0.4) is 0 Å². The summed E-state index contributed by atoms with van der Waals surface area (Å²) in [6.45, 7) is 17.7. The van der Waals surface area contributed by atoms with E-state index < -0.39 is 39.4 Å². The monoisotopic (exact) mass is 932 g/mol. The molecule has 68 heavy (non-hydrogen) atoms. The molecule has 8 heteroatoms. The molecule has 0 saturated carbocycles. The van der Waals surface area contributed by atoms with E-state index in [9.17, 15) is 0 Å². The van der Waals surface area contributed by atoms with Gasteiger partial charge in [0.2, 0.25) is 0 Å². The summed E-state index contributed by atoms with van der Waals surface area (Å²) in [4.78, 5) is 3.87. The van der Waals surface area contributed by atoms with Crippen LogP contribution in [0.1, 0.15) is 11.1 Å². The predicted octanol–water partition coefficient (Wildman–Crippen LogP) is 17.1. The van der Waals surface area contributed by atoms with E-state index in [1.165, 1.54) is 22.5 Å². The second-order valence-electron chi connectivity index (χ2n) is 20.1. The van der Waals surface area contributed by atoms with Crippen LogP contribution in [0, 0.1) is 37.1 Å². The molecule has 0 aliphatic rings. The van der Waals surface area contributed by atoms with Gasteiger partial charge < -0.3 is 9.80 Å². The first-order chi connectivity index (χ1) is 32.5. The van der Waals surface area contributed by atoms with Gasteiger partial charge in [0.25, 0.3) is 0 Å². The van der Waals surface area contributed by atoms with Crippen LogP contribution < -0.4 is 20.2 Å². The largest absolute Gasteiger partial charge is 0.307 e. The van der Waals surface area contributed by atoms with Crippen molar-refractivity contribution in [2.45, 2.75) is 53.1 Å². The predicted molar refractivity (Wildman–Crippen MR) is 286 cm³/mol. The number of benzene rings is 10. The molecule has 0 aliphatic heterocycles. The van der Waals surface area contributed by atoms with E-state index >= 15 is 17.6 Å². The van der Waals surface area contributed by atoms with Gasteiger partial charge in [0, 0.05) is 45.4 Å². The molecule has 0 unspecified atom stereocenters. The molecule has 0 aliphatic carbocycles. The molecule has 0 atom stereocenters. The molecule has 10 aromatic rings. The van der Waals surface area contributed by atoms with Crippen LogP contribution in [-0.4, -0.2) is 16.1 Å². The topological polar surface area (TPSA) is 6.48 Å². The van der Waals surface area contributed by atoms with Crippen molar-refractivity contribution in [3.63, 3.8) is 0 Å². The van der Waals surface area contributed by atoms with Crippen molar-refractivity contribution in [3.05, 3.63) is 204 Å². The normalized spacial score (nSPS) is 12.1. The van der Waals surface area contributed by atoms with Crippen LogP contribution >= 0.6 is 0 Å². The number of nitrogens with zero attached hydrogens (tertiary/aromatic N) is 2. The molecular formula is C60H52F4N2Si2. The van der Waals surface area contributed by atoms with E-state index in [2.05, 4.69) is 99.9 Å². The van der Waals surface area contributed by atoms with Gasteiger partial charge >= 0.3 is 0 Å². The number of halogens is 4. The van der Waals surface area contributed by atoms with Gasteiger partial charge in [-0.3, -0.25) is 0 Å². The quantitative estimate of drug-likeness (QED) is 0.0766. The highest BCUT2D eigenvalue weighted by atomic mass is 28.3.